The first-order chi connectivity index (χ1) is 39.4. The fourth-order valence-corrected chi connectivity index (χ4v) is 11.4. The zero-order chi connectivity index (χ0) is 62.8. The SMILES string of the molecule is C=CC(=O)OCC(COC(=O)C=C)(COC(=O)C=C)COC(=O)NC1CC(C)(C)CC(C)(CNC(=O)OCC2CCC(COC(=O)NCC3(C)CC(NC(=O)OCC(COC(=O)C=C)(COC(=O)C=C)COC(=O)C=C)CC(C)(C)C3)CC2)C1. The molecule has 0 saturated heterocycles. The minimum Gasteiger partial charge on any atom is -0.462 e. The first-order valence-corrected chi connectivity index (χ1v) is 27.9. The van der Waals surface area contributed by atoms with Crippen molar-refractivity contribution < 1.29 is 95.3 Å². The van der Waals surface area contributed by atoms with Crippen molar-refractivity contribution in [3.63, 3.8) is 0 Å². The van der Waals surface area contributed by atoms with E-state index in [1.54, 1.807) is 0 Å². The fraction of sp³-hybridized carbons (Fsp3) is 0.633. The number of hydrogen-bond acceptors (Lipinski definition) is 20. The number of ether oxygens (including phenoxy) is 10. The van der Waals surface area contributed by atoms with Crippen LogP contribution in [0.2, 0.25) is 0 Å². The van der Waals surface area contributed by atoms with E-state index in [2.05, 4.69) is 88.4 Å². The Labute approximate surface area is 492 Å². The summed E-state index contributed by atoms with van der Waals surface area (Å²) in [7, 11) is 0. The highest BCUT2D eigenvalue weighted by atomic mass is 16.6. The molecule has 3 rings (SSSR count). The molecule has 0 aliphatic heterocycles. The summed E-state index contributed by atoms with van der Waals surface area (Å²) in [6.45, 7) is 29.6. The molecule has 468 valence electrons. The van der Waals surface area contributed by atoms with Crippen LogP contribution in [-0.2, 0) is 76.1 Å². The Bertz CT molecular complexity index is 2110. The van der Waals surface area contributed by atoms with Gasteiger partial charge in [0, 0.05) is 61.6 Å². The van der Waals surface area contributed by atoms with Crippen molar-refractivity contribution in [2.24, 2.45) is 44.3 Å². The Morgan fingerprint density at radius 2 is 0.631 bits per heavy atom. The number of hydrogen-bond donors (Lipinski definition) is 4. The molecule has 3 saturated carbocycles. The maximum Gasteiger partial charge on any atom is 0.407 e. The van der Waals surface area contributed by atoms with Crippen molar-refractivity contribution in [3.05, 3.63) is 75.9 Å². The van der Waals surface area contributed by atoms with Crippen molar-refractivity contribution in [1.82, 2.24) is 21.3 Å². The molecule has 0 bridgehead atoms. The van der Waals surface area contributed by atoms with Crippen molar-refractivity contribution in [2.75, 3.05) is 79.2 Å². The van der Waals surface area contributed by atoms with Gasteiger partial charge in [-0.15, -0.1) is 0 Å². The van der Waals surface area contributed by atoms with Gasteiger partial charge in [0.25, 0.3) is 0 Å². The summed E-state index contributed by atoms with van der Waals surface area (Å²) in [6.07, 6.45) is 9.34. The van der Waals surface area contributed by atoms with Gasteiger partial charge < -0.3 is 68.6 Å². The molecule has 0 heterocycles. The van der Waals surface area contributed by atoms with Crippen LogP contribution in [0.1, 0.15) is 106 Å². The monoisotopic (exact) mass is 1180 g/mol. The Balaban J connectivity index is 1.47. The van der Waals surface area contributed by atoms with Gasteiger partial charge in [-0.1, -0.05) is 81.0 Å². The topological polar surface area (TPSA) is 311 Å². The second kappa shape index (κ2) is 33.0. The van der Waals surface area contributed by atoms with Crippen molar-refractivity contribution in [3.8, 4) is 0 Å². The molecule has 0 spiro atoms. The van der Waals surface area contributed by atoms with Gasteiger partial charge in [0.15, 0.2) is 0 Å². The fourth-order valence-electron chi connectivity index (χ4n) is 11.4. The molecule has 3 fully saturated rings. The summed E-state index contributed by atoms with van der Waals surface area (Å²) in [4.78, 5) is 125. The summed E-state index contributed by atoms with van der Waals surface area (Å²) in [6, 6.07) is -0.767. The van der Waals surface area contributed by atoms with Crippen LogP contribution in [0.4, 0.5) is 19.2 Å². The van der Waals surface area contributed by atoms with E-state index in [0.29, 0.717) is 25.7 Å². The van der Waals surface area contributed by atoms with Gasteiger partial charge in [-0.3, -0.25) is 0 Å². The maximum atomic E-state index is 13.4. The highest BCUT2D eigenvalue weighted by molar-refractivity contribution is 5.83. The van der Waals surface area contributed by atoms with E-state index in [1.807, 2.05) is 13.8 Å². The van der Waals surface area contributed by atoms with E-state index in [1.165, 1.54) is 0 Å². The van der Waals surface area contributed by atoms with Gasteiger partial charge >= 0.3 is 60.2 Å². The Morgan fingerprint density at radius 3 is 0.881 bits per heavy atom. The Kier molecular flexibility index (Phi) is 27.7. The van der Waals surface area contributed by atoms with E-state index in [-0.39, 0.29) is 61.1 Å². The zero-order valence-corrected chi connectivity index (χ0v) is 49.7. The van der Waals surface area contributed by atoms with E-state index in [0.717, 1.165) is 75.0 Å². The quantitative estimate of drug-likeness (QED) is 0.0293. The van der Waals surface area contributed by atoms with Crippen molar-refractivity contribution in [1.29, 1.82) is 0 Å². The lowest BCUT2D eigenvalue weighted by Crippen LogP contribution is -2.51. The Hall–Kier alpha value is -7.66. The van der Waals surface area contributed by atoms with Gasteiger partial charge in [0.1, 0.15) is 63.7 Å². The van der Waals surface area contributed by atoms with Crippen molar-refractivity contribution in [2.45, 2.75) is 118 Å². The molecule has 84 heavy (non-hydrogen) atoms. The van der Waals surface area contributed by atoms with Crippen LogP contribution in [0.15, 0.2) is 75.9 Å². The van der Waals surface area contributed by atoms with E-state index >= 15 is 0 Å². The van der Waals surface area contributed by atoms with Gasteiger partial charge in [-0.25, -0.2) is 47.9 Å². The van der Waals surface area contributed by atoms with Gasteiger partial charge in [-0.05, 0) is 97.7 Å². The standard InChI is InChI=1S/C60H88N4O20/c1-13-45(65)77-33-59(34-78-46(66)14-2,35-79-47(67)15-3)39-83-53(73)63-43-23-55(7,8)29-57(11,25-43)31-61-51(71)75-27-41-19-21-42(22-20-41)28-76-52(72)62-32-58(12)26-44(24-56(9,10)30-58)64-54(74)84-40-60(36-80-48(68)16-4,37-81-49(69)17-5)38-82-50(70)18-6/h13-18,41-44H,1-6,19-40H2,7-12H3,(H,61,71)(H,62,72)(H,63,73)(H,64,74). The summed E-state index contributed by atoms with van der Waals surface area (Å²) >= 11 is 0. The molecule has 4 unspecified atom stereocenters. The number of nitrogens with one attached hydrogen (secondary N) is 4. The molecule has 4 amide bonds. The molecular weight excluding hydrogens is 1100 g/mol. The largest absolute Gasteiger partial charge is 0.462 e. The molecule has 3 aliphatic rings. The van der Waals surface area contributed by atoms with E-state index in [4.69, 9.17) is 47.4 Å². The van der Waals surface area contributed by atoms with Gasteiger partial charge in [-0.2, -0.15) is 0 Å². The first-order valence-electron chi connectivity index (χ1n) is 27.9. The molecule has 0 aromatic heterocycles. The summed E-state index contributed by atoms with van der Waals surface area (Å²) in [5, 5.41) is 11.6. The van der Waals surface area contributed by atoms with Crippen LogP contribution < -0.4 is 21.3 Å². The first kappa shape index (κ1) is 70.6. The molecular formula is C60H88N4O20. The summed E-state index contributed by atoms with van der Waals surface area (Å²) in [5.74, 6) is -4.65. The average molecular weight is 1190 g/mol. The molecule has 0 aromatic carbocycles. The predicted molar refractivity (Wildman–Crippen MR) is 304 cm³/mol. The van der Waals surface area contributed by atoms with Crippen LogP contribution >= 0.6 is 0 Å². The lowest BCUT2D eigenvalue weighted by molar-refractivity contribution is -0.161. The predicted octanol–water partition coefficient (Wildman–Crippen LogP) is 7.22. The summed E-state index contributed by atoms with van der Waals surface area (Å²) in [5.41, 5.74) is -4.47. The molecule has 4 N–H and O–H groups in total. The molecule has 4 atom stereocenters. The van der Waals surface area contributed by atoms with Crippen LogP contribution in [0.5, 0.6) is 0 Å². The molecule has 0 aromatic rings. The highest BCUT2D eigenvalue weighted by Gasteiger charge is 2.45. The third-order valence-corrected chi connectivity index (χ3v) is 14.9. The van der Waals surface area contributed by atoms with E-state index < -0.39 is 135 Å². The van der Waals surface area contributed by atoms with Crippen LogP contribution in [-0.4, -0.2) is 151 Å². The number of esters is 6. The lowest BCUT2D eigenvalue weighted by atomic mass is 9.62. The third kappa shape index (κ3) is 25.9. The minimum absolute atomic E-state index is 0.113. The van der Waals surface area contributed by atoms with Crippen LogP contribution in [0.25, 0.3) is 0 Å². The normalized spacial score (nSPS) is 22.4. The van der Waals surface area contributed by atoms with Crippen LogP contribution in [0, 0.1) is 44.3 Å². The number of alkyl carbamates (subject to hydrolysis) is 4. The van der Waals surface area contributed by atoms with Crippen LogP contribution in [0.3, 0.4) is 0 Å². The molecule has 0 radical (unpaired) electrons. The highest BCUT2D eigenvalue weighted by Crippen LogP contribution is 2.47. The number of carbonyl (C=O) groups is 10. The van der Waals surface area contributed by atoms with Gasteiger partial charge in [0.2, 0.25) is 0 Å². The maximum absolute atomic E-state index is 13.4. The lowest BCUT2D eigenvalue weighted by Gasteiger charge is -2.46. The van der Waals surface area contributed by atoms with Crippen molar-refractivity contribution >= 4 is 60.2 Å². The van der Waals surface area contributed by atoms with Gasteiger partial charge in [0.05, 0.1) is 13.2 Å². The molecule has 24 heteroatoms. The minimum atomic E-state index is -1.51. The average Bonchev–Trinajstić information content (AvgIpc) is 2.04. The zero-order valence-electron chi connectivity index (χ0n) is 49.7. The smallest absolute Gasteiger partial charge is 0.407 e. The molecule has 3 aliphatic carbocycles. The van der Waals surface area contributed by atoms with E-state index in [9.17, 15) is 47.9 Å². The Morgan fingerprint density at radius 1 is 0.381 bits per heavy atom. The second-order valence-corrected chi connectivity index (χ2v) is 24.6. The third-order valence-electron chi connectivity index (χ3n) is 14.9. The number of amides is 4. The number of rotatable bonds is 32. The molecule has 24 nitrogen and oxygen atoms in total. The number of carbonyl (C=O) groups excluding carboxylic acids is 10. The second-order valence-electron chi connectivity index (χ2n) is 24.6. The summed E-state index contributed by atoms with van der Waals surface area (Å²) < 4.78 is 53.9.